The number of aliphatic hydroxyl groups excluding tert-OH is 1. The van der Waals surface area contributed by atoms with Crippen LogP contribution in [0.25, 0.3) is 0 Å². The number of halogens is 1. The van der Waals surface area contributed by atoms with Crippen LogP contribution in [0, 0.1) is 17.3 Å². The maximum absolute atomic E-state index is 11.2. The monoisotopic (exact) mass is 392 g/mol. The van der Waals surface area contributed by atoms with Gasteiger partial charge < -0.3 is 9.84 Å². The van der Waals surface area contributed by atoms with Gasteiger partial charge in [0.05, 0.1) is 6.10 Å². The number of ether oxygens (including phenoxy) is 1. The van der Waals surface area contributed by atoms with Crippen molar-refractivity contribution in [2.75, 3.05) is 0 Å². The predicted octanol–water partition coefficient (Wildman–Crippen LogP) is 4.20. The number of hydrogen-bond donors (Lipinski definition) is 1. The number of alkyl halides is 1. The van der Waals surface area contributed by atoms with Crippen molar-refractivity contribution < 1.29 is 14.6 Å². The number of aliphatic hydroxyl groups is 1. The topological polar surface area (TPSA) is 46.5 Å². The van der Waals surface area contributed by atoms with Gasteiger partial charge in [0.1, 0.15) is 5.75 Å². The molecule has 2 fully saturated rings. The van der Waals surface area contributed by atoms with Crippen LogP contribution in [0.4, 0.5) is 0 Å². The molecule has 130 valence electrons. The Bertz CT molecular complexity index is 673. The fraction of sp³-hybridized carbons (Fsp3) is 0.650. The van der Waals surface area contributed by atoms with E-state index in [-0.39, 0.29) is 22.3 Å². The lowest BCUT2D eigenvalue weighted by atomic mass is 9.55. The Hall–Kier alpha value is -0.870. The first kappa shape index (κ1) is 16.6. The number of hydrogen-bond acceptors (Lipinski definition) is 3. The highest BCUT2D eigenvalue weighted by atomic mass is 79.9. The molecule has 0 heterocycles. The molecule has 1 aromatic rings. The van der Waals surface area contributed by atoms with Crippen LogP contribution in [0.5, 0.6) is 5.75 Å². The molecule has 0 aromatic heterocycles. The summed E-state index contributed by atoms with van der Waals surface area (Å²) in [5, 5.41) is 10.7. The molecule has 4 rings (SSSR count). The average molecular weight is 393 g/mol. The summed E-state index contributed by atoms with van der Waals surface area (Å²) in [5.74, 6) is 2.24. The third kappa shape index (κ3) is 2.45. The Kier molecular flexibility index (Phi) is 4.04. The number of benzene rings is 1. The third-order valence-electron chi connectivity index (χ3n) is 6.89. The number of carbonyl (C=O) groups is 1. The van der Waals surface area contributed by atoms with Gasteiger partial charge in [-0.3, -0.25) is 4.79 Å². The van der Waals surface area contributed by atoms with Gasteiger partial charge in [-0.25, -0.2) is 0 Å². The van der Waals surface area contributed by atoms with Crippen molar-refractivity contribution in [1.82, 2.24) is 0 Å². The average Bonchev–Trinajstić information content (AvgIpc) is 2.77. The van der Waals surface area contributed by atoms with Gasteiger partial charge in [-0.05, 0) is 78.5 Å². The lowest BCUT2D eigenvalue weighted by Gasteiger charge is -2.50. The van der Waals surface area contributed by atoms with Crippen LogP contribution in [0.3, 0.4) is 0 Å². The second-order valence-corrected chi connectivity index (χ2v) is 9.29. The largest absolute Gasteiger partial charge is 0.427 e. The second-order valence-electron chi connectivity index (χ2n) is 8.11. The highest BCUT2D eigenvalue weighted by Crippen LogP contribution is 2.61. The zero-order valence-electron chi connectivity index (χ0n) is 14.3. The van der Waals surface area contributed by atoms with Crippen molar-refractivity contribution >= 4 is 21.9 Å². The molecular weight excluding hydrogens is 368 g/mol. The summed E-state index contributed by atoms with van der Waals surface area (Å²) >= 11 is 3.71. The highest BCUT2D eigenvalue weighted by molar-refractivity contribution is 9.09. The van der Waals surface area contributed by atoms with Gasteiger partial charge in [-0.2, -0.15) is 0 Å². The van der Waals surface area contributed by atoms with Gasteiger partial charge in [0, 0.05) is 11.8 Å². The minimum Gasteiger partial charge on any atom is -0.427 e. The van der Waals surface area contributed by atoms with Crippen molar-refractivity contribution in [3.8, 4) is 5.75 Å². The molecule has 3 aliphatic carbocycles. The van der Waals surface area contributed by atoms with Crippen molar-refractivity contribution in [1.29, 1.82) is 0 Å². The van der Waals surface area contributed by atoms with Crippen LogP contribution < -0.4 is 4.74 Å². The molecule has 6 atom stereocenters. The van der Waals surface area contributed by atoms with Gasteiger partial charge in [-0.15, -0.1) is 0 Å². The van der Waals surface area contributed by atoms with E-state index in [0.29, 0.717) is 23.5 Å². The van der Waals surface area contributed by atoms with Gasteiger partial charge >= 0.3 is 5.97 Å². The number of carbonyl (C=O) groups excluding carboxylic acids is 1. The standard InChI is InChI=1S/C20H25BrO3/c1-11(22)24-13-4-6-14-12(9-13)3-5-16-15(14)7-8-20(2)17(16)10-18(21)19(20)23/h4,6,9,15-19,23H,3,5,7-8,10H2,1-2H3/t15-,16-,17+,18+,19-,20+/m1/s1. The molecule has 3 aliphatic rings. The molecule has 0 saturated heterocycles. The first-order valence-corrected chi connectivity index (χ1v) is 9.95. The Morgan fingerprint density at radius 3 is 2.92 bits per heavy atom. The third-order valence-corrected chi connectivity index (χ3v) is 7.77. The molecule has 1 N–H and O–H groups in total. The minimum atomic E-state index is -0.264. The SMILES string of the molecule is CC(=O)Oc1ccc2c(c1)CC[C@@H]1[C@@H]2CC[C@]2(C)[C@H](O)[C@@H](Br)C[C@@H]12. The zero-order valence-corrected chi connectivity index (χ0v) is 15.9. The summed E-state index contributed by atoms with van der Waals surface area (Å²) < 4.78 is 5.25. The minimum absolute atomic E-state index is 0.0600. The molecule has 0 unspecified atom stereocenters. The first-order chi connectivity index (χ1) is 11.4. The molecule has 0 spiro atoms. The quantitative estimate of drug-likeness (QED) is 0.442. The predicted molar refractivity (Wildman–Crippen MR) is 96.5 cm³/mol. The summed E-state index contributed by atoms with van der Waals surface area (Å²) in [6, 6.07) is 6.16. The van der Waals surface area contributed by atoms with E-state index in [4.69, 9.17) is 4.74 Å². The summed E-state index contributed by atoms with van der Waals surface area (Å²) in [6.45, 7) is 3.73. The van der Waals surface area contributed by atoms with E-state index >= 15 is 0 Å². The van der Waals surface area contributed by atoms with E-state index in [1.165, 1.54) is 24.5 Å². The van der Waals surface area contributed by atoms with Crippen molar-refractivity contribution in [2.45, 2.75) is 62.8 Å². The Morgan fingerprint density at radius 2 is 2.17 bits per heavy atom. The van der Waals surface area contributed by atoms with Crippen molar-refractivity contribution in [3.05, 3.63) is 29.3 Å². The smallest absolute Gasteiger partial charge is 0.308 e. The van der Waals surface area contributed by atoms with E-state index in [2.05, 4.69) is 35.0 Å². The Morgan fingerprint density at radius 1 is 1.38 bits per heavy atom. The Balaban J connectivity index is 1.64. The molecule has 0 bridgehead atoms. The summed E-state index contributed by atoms with van der Waals surface area (Å²) in [5.41, 5.74) is 2.84. The van der Waals surface area contributed by atoms with Crippen LogP contribution in [0.1, 0.15) is 56.6 Å². The van der Waals surface area contributed by atoms with Crippen LogP contribution in [0.15, 0.2) is 18.2 Å². The van der Waals surface area contributed by atoms with Gasteiger partial charge in [0.15, 0.2) is 0 Å². The van der Waals surface area contributed by atoms with Gasteiger partial charge in [0.25, 0.3) is 0 Å². The Labute approximate surface area is 151 Å². The van der Waals surface area contributed by atoms with Crippen LogP contribution >= 0.6 is 15.9 Å². The summed E-state index contributed by atoms with van der Waals surface area (Å²) in [7, 11) is 0. The van der Waals surface area contributed by atoms with Gasteiger partial charge in [0.2, 0.25) is 0 Å². The number of esters is 1. The fourth-order valence-corrected chi connectivity index (χ4v) is 6.74. The molecule has 2 saturated carbocycles. The van der Waals surface area contributed by atoms with Crippen LogP contribution in [-0.2, 0) is 11.2 Å². The highest BCUT2D eigenvalue weighted by Gasteiger charge is 2.57. The molecular formula is C20H25BrO3. The zero-order chi connectivity index (χ0) is 17.1. The van der Waals surface area contributed by atoms with E-state index < -0.39 is 0 Å². The van der Waals surface area contributed by atoms with E-state index in [1.54, 1.807) is 0 Å². The van der Waals surface area contributed by atoms with E-state index in [1.807, 2.05) is 6.07 Å². The molecule has 4 heteroatoms. The lowest BCUT2D eigenvalue weighted by molar-refractivity contribution is -0.131. The molecule has 0 amide bonds. The van der Waals surface area contributed by atoms with Crippen LogP contribution in [0.2, 0.25) is 0 Å². The summed E-state index contributed by atoms with van der Waals surface area (Å²) in [4.78, 5) is 11.4. The normalized spacial score (nSPS) is 40.4. The lowest BCUT2D eigenvalue weighted by Crippen LogP contribution is -2.44. The van der Waals surface area contributed by atoms with Crippen molar-refractivity contribution in [2.24, 2.45) is 17.3 Å². The number of aryl methyl sites for hydroxylation is 1. The van der Waals surface area contributed by atoms with Gasteiger partial charge in [-0.1, -0.05) is 28.9 Å². The second kappa shape index (κ2) is 5.84. The molecule has 24 heavy (non-hydrogen) atoms. The first-order valence-electron chi connectivity index (χ1n) is 9.03. The van der Waals surface area contributed by atoms with Crippen LogP contribution in [-0.4, -0.2) is 22.0 Å². The maximum Gasteiger partial charge on any atom is 0.308 e. The number of fused-ring (bicyclic) bond motifs is 5. The molecule has 1 aromatic carbocycles. The molecule has 3 nitrogen and oxygen atoms in total. The number of rotatable bonds is 1. The summed E-state index contributed by atoms with van der Waals surface area (Å²) in [6.07, 6.45) is 5.31. The van der Waals surface area contributed by atoms with E-state index in [9.17, 15) is 9.90 Å². The maximum atomic E-state index is 11.2. The molecule has 0 aliphatic heterocycles. The molecule has 0 radical (unpaired) electrons. The fourth-order valence-electron chi connectivity index (χ4n) is 5.73. The van der Waals surface area contributed by atoms with E-state index in [0.717, 1.165) is 25.7 Å². The van der Waals surface area contributed by atoms with Crippen molar-refractivity contribution in [3.63, 3.8) is 0 Å².